The summed E-state index contributed by atoms with van der Waals surface area (Å²) in [6.45, 7) is 1.55. The largest absolute Gasteiger partial charge is 0.341 e. The SMILES string of the molecule is O=C1Nc2cc(Cl)ccc2SC1CC(=O)N1CCC2CCC(C1)N2. The van der Waals surface area contributed by atoms with Gasteiger partial charge in [-0.15, -0.1) is 11.8 Å². The summed E-state index contributed by atoms with van der Waals surface area (Å²) in [6, 6.07) is 6.42. The minimum absolute atomic E-state index is 0.0782. The molecule has 5 nitrogen and oxygen atoms in total. The van der Waals surface area contributed by atoms with Crippen LogP contribution in [0.25, 0.3) is 0 Å². The summed E-state index contributed by atoms with van der Waals surface area (Å²) in [5.74, 6) is -0.0352. The third kappa shape index (κ3) is 3.27. The van der Waals surface area contributed by atoms with Gasteiger partial charge in [0.2, 0.25) is 11.8 Å². The smallest absolute Gasteiger partial charge is 0.238 e. The van der Waals surface area contributed by atoms with Crippen molar-refractivity contribution in [3.63, 3.8) is 0 Å². The van der Waals surface area contributed by atoms with Crippen LogP contribution in [0.3, 0.4) is 0 Å². The molecule has 3 atom stereocenters. The highest BCUT2D eigenvalue weighted by molar-refractivity contribution is 8.01. The highest BCUT2D eigenvalue weighted by Gasteiger charge is 2.34. The number of amides is 2. The molecule has 3 aliphatic heterocycles. The van der Waals surface area contributed by atoms with Crippen molar-refractivity contribution in [1.29, 1.82) is 0 Å². The molecule has 4 rings (SSSR count). The number of likely N-dealkylation sites (tertiary alicyclic amines) is 1. The summed E-state index contributed by atoms with van der Waals surface area (Å²) in [7, 11) is 0. The molecule has 2 bridgehead atoms. The second-order valence-corrected chi connectivity index (χ2v) is 8.39. The van der Waals surface area contributed by atoms with E-state index in [4.69, 9.17) is 11.6 Å². The summed E-state index contributed by atoms with van der Waals surface area (Å²) < 4.78 is 0. The lowest BCUT2D eigenvalue weighted by Crippen LogP contribution is -2.41. The number of rotatable bonds is 2. The van der Waals surface area contributed by atoms with Gasteiger partial charge < -0.3 is 15.5 Å². The highest BCUT2D eigenvalue weighted by atomic mass is 35.5. The zero-order valence-electron chi connectivity index (χ0n) is 13.3. The average molecular weight is 366 g/mol. The fourth-order valence-electron chi connectivity index (χ4n) is 3.71. The molecule has 128 valence electrons. The number of carbonyl (C=O) groups is 2. The van der Waals surface area contributed by atoms with Gasteiger partial charge in [0.05, 0.1) is 10.9 Å². The molecule has 1 aromatic carbocycles. The average Bonchev–Trinajstić information content (AvgIpc) is 2.87. The Bertz CT molecular complexity index is 684. The second-order valence-electron chi connectivity index (χ2n) is 6.71. The van der Waals surface area contributed by atoms with Gasteiger partial charge in [0.25, 0.3) is 0 Å². The predicted molar refractivity (Wildman–Crippen MR) is 95.5 cm³/mol. The Kier molecular flexibility index (Phi) is 4.45. The molecular formula is C17H20ClN3O2S. The quantitative estimate of drug-likeness (QED) is 0.845. The molecule has 2 amide bonds. The first kappa shape index (κ1) is 16.2. The fraction of sp³-hybridized carbons (Fsp3) is 0.529. The van der Waals surface area contributed by atoms with Gasteiger partial charge in [-0.25, -0.2) is 0 Å². The van der Waals surface area contributed by atoms with E-state index in [0.717, 1.165) is 36.5 Å². The molecule has 0 radical (unpaired) electrons. The molecule has 2 fully saturated rings. The zero-order chi connectivity index (χ0) is 16.7. The Morgan fingerprint density at radius 1 is 1.29 bits per heavy atom. The summed E-state index contributed by atoms with van der Waals surface area (Å²) in [5.41, 5.74) is 0.734. The van der Waals surface area contributed by atoms with Gasteiger partial charge in [-0.3, -0.25) is 9.59 Å². The number of fused-ring (bicyclic) bond motifs is 3. The van der Waals surface area contributed by atoms with Gasteiger partial charge in [0.1, 0.15) is 0 Å². The van der Waals surface area contributed by atoms with Gasteiger partial charge in [-0.1, -0.05) is 11.6 Å². The van der Waals surface area contributed by atoms with Crippen molar-refractivity contribution < 1.29 is 9.59 Å². The molecule has 3 unspecified atom stereocenters. The molecule has 0 aliphatic carbocycles. The van der Waals surface area contributed by atoms with Gasteiger partial charge in [-0.2, -0.15) is 0 Å². The normalized spacial score (nSPS) is 29.0. The van der Waals surface area contributed by atoms with Gasteiger partial charge in [0, 0.05) is 41.5 Å². The van der Waals surface area contributed by atoms with E-state index in [2.05, 4.69) is 10.6 Å². The standard InChI is InChI=1S/C17H20ClN3O2S/c18-10-1-4-14-13(7-10)20-17(23)15(24-14)8-16(22)21-6-5-11-2-3-12(9-21)19-11/h1,4,7,11-12,15,19H,2-3,5-6,8-9H2,(H,20,23). The van der Waals surface area contributed by atoms with Gasteiger partial charge in [-0.05, 0) is 37.5 Å². The van der Waals surface area contributed by atoms with E-state index in [9.17, 15) is 9.59 Å². The Balaban J connectivity index is 1.42. The van der Waals surface area contributed by atoms with Crippen molar-refractivity contribution in [2.75, 3.05) is 18.4 Å². The molecule has 1 aromatic rings. The van der Waals surface area contributed by atoms with E-state index in [-0.39, 0.29) is 23.5 Å². The molecule has 3 aliphatic rings. The molecule has 24 heavy (non-hydrogen) atoms. The van der Waals surface area contributed by atoms with Crippen LogP contribution in [0.15, 0.2) is 23.1 Å². The maximum Gasteiger partial charge on any atom is 0.238 e. The molecule has 7 heteroatoms. The highest BCUT2D eigenvalue weighted by Crippen LogP contribution is 2.38. The molecule has 0 saturated carbocycles. The maximum absolute atomic E-state index is 12.7. The summed E-state index contributed by atoms with van der Waals surface area (Å²) >= 11 is 7.42. The Labute approximate surface area is 150 Å². The topological polar surface area (TPSA) is 61.4 Å². The van der Waals surface area contributed by atoms with E-state index in [1.165, 1.54) is 18.2 Å². The van der Waals surface area contributed by atoms with Crippen LogP contribution in [-0.2, 0) is 9.59 Å². The fourth-order valence-corrected chi connectivity index (χ4v) is 4.97. The first-order valence-corrected chi connectivity index (χ1v) is 9.65. The molecule has 0 aromatic heterocycles. The van der Waals surface area contributed by atoms with E-state index >= 15 is 0 Å². The maximum atomic E-state index is 12.7. The van der Waals surface area contributed by atoms with Crippen LogP contribution >= 0.6 is 23.4 Å². The number of halogens is 1. The van der Waals surface area contributed by atoms with Crippen molar-refractivity contribution in [3.05, 3.63) is 23.2 Å². The molecule has 2 N–H and O–H groups in total. The number of hydrogen-bond donors (Lipinski definition) is 2. The van der Waals surface area contributed by atoms with E-state index in [1.54, 1.807) is 12.1 Å². The lowest BCUT2D eigenvalue weighted by Gasteiger charge is -2.28. The monoisotopic (exact) mass is 365 g/mol. The van der Waals surface area contributed by atoms with Crippen LogP contribution in [0.1, 0.15) is 25.7 Å². The minimum atomic E-state index is -0.375. The number of nitrogens with one attached hydrogen (secondary N) is 2. The Morgan fingerprint density at radius 2 is 2.12 bits per heavy atom. The third-order valence-corrected chi connectivity index (χ3v) is 6.51. The second kappa shape index (κ2) is 6.58. The first-order valence-electron chi connectivity index (χ1n) is 8.39. The molecule has 3 heterocycles. The summed E-state index contributed by atoms with van der Waals surface area (Å²) in [5, 5.41) is 6.67. The number of thioether (sulfide) groups is 1. The molecule has 2 saturated heterocycles. The van der Waals surface area contributed by atoms with Crippen molar-refractivity contribution in [2.24, 2.45) is 0 Å². The zero-order valence-corrected chi connectivity index (χ0v) is 14.8. The van der Waals surface area contributed by atoms with Crippen LogP contribution < -0.4 is 10.6 Å². The third-order valence-electron chi connectivity index (χ3n) is 5.00. The number of hydrogen-bond acceptors (Lipinski definition) is 4. The van der Waals surface area contributed by atoms with Crippen LogP contribution in [0.2, 0.25) is 5.02 Å². The lowest BCUT2D eigenvalue weighted by atomic mass is 10.1. The van der Waals surface area contributed by atoms with Crippen molar-refractivity contribution in [3.8, 4) is 0 Å². The Hall–Kier alpha value is -1.24. The Morgan fingerprint density at radius 3 is 3.00 bits per heavy atom. The van der Waals surface area contributed by atoms with Crippen LogP contribution in [0, 0.1) is 0 Å². The number of nitrogens with zero attached hydrogens (tertiary/aromatic N) is 1. The predicted octanol–water partition coefficient (Wildman–Crippen LogP) is 2.50. The van der Waals surface area contributed by atoms with Crippen LogP contribution in [0.5, 0.6) is 0 Å². The lowest BCUT2D eigenvalue weighted by molar-refractivity contribution is -0.132. The number of anilines is 1. The molecular weight excluding hydrogens is 346 g/mol. The van der Waals surface area contributed by atoms with E-state index in [0.29, 0.717) is 17.1 Å². The minimum Gasteiger partial charge on any atom is -0.341 e. The van der Waals surface area contributed by atoms with E-state index in [1.807, 2.05) is 11.0 Å². The number of benzene rings is 1. The van der Waals surface area contributed by atoms with Crippen molar-refractivity contribution in [1.82, 2.24) is 10.2 Å². The van der Waals surface area contributed by atoms with Gasteiger partial charge in [0.15, 0.2) is 0 Å². The van der Waals surface area contributed by atoms with Crippen molar-refractivity contribution >= 4 is 40.9 Å². The number of carbonyl (C=O) groups excluding carboxylic acids is 2. The summed E-state index contributed by atoms with van der Waals surface area (Å²) in [4.78, 5) is 27.9. The summed E-state index contributed by atoms with van der Waals surface area (Å²) in [6.07, 6.45) is 3.61. The van der Waals surface area contributed by atoms with E-state index < -0.39 is 0 Å². The van der Waals surface area contributed by atoms with Crippen molar-refractivity contribution in [2.45, 2.75) is 47.9 Å². The van der Waals surface area contributed by atoms with Crippen LogP contribution in [0.4, 0.5) is 5.69 Å². The van der Waals surface area contributed by atoms with Gasteiger partial charge >= 0.3 is 0 Å². The first-order chi connectivity index (χ1) is 11.6. The van der Waals surface area contributed by atoms with Crippen LogP contribution in [-0.4, -0.2) is 47.1 Å². The molecule has 0 spiro atoms.